The van der Waals surface area contributed by atoms with Gasteiger partial charge in [-0.3, -0.25) is 0 Å². The summed E-state index contributed by atoms with van der Waals surface area (Å²) in [6.45, 7) is 5.44. The highest BCUT2D eigenvalue weighted by Crippen LogP contribution is 2.28. The van der Waals surface area contributed by atoms with Crippen molar-refractivity contribution in [3.05, 3.63) is 23.3 Å². The molecular formula is C24H36FN3S. The molecule has 3 nitrogen and oxygen atoms in total. The maximum absolute atomic E-state index is 13.5. The number of thiophene rings is 1. The van der Waals surface area contributed by atoms with E-state index in [9.17, 15) is 4.39 Å². The average molecular weight is 418 g/mol. The lowest BCUT2D eigenvalue weighted by molar-refractivity contribution is 0.327. The minimum atomic E-state index is -0.147. The molecule has 1 aromatic carbocycles. The number of hydrogen-bond acceptors (Lipinski definition) is 3. The minimum Gasteiger partial charge on any atom is -0.195 e. The second kappa shape index (κ2) is 11.6. The fraction of sp³-hybridized carbons (Fsp3) is 0.667. The van der Waals surface area contributed by atoms with Crippen LogP contribution in [0.3, 0.4) is 0 Å². The van der Waals surface area contributed by atoms with Crippen LogP contribution in [0.2, 0.25) is 0 Å². The summed E-state index contributed by atoms with van der Waals surface area (Å²) < 4.78 is 14.4. The summed E-state index contributed by atoms with van der Waals surface area (Å²) in [5.74, 6) is 0.651. The first-order valence-corrected chi connectivity index (χ1v) is 12.4. The molecule has 0 aliphatic carbocycles. The van der Waals surface area contributed by atoms with Crippen molar-refractivity contribution in [3.8, 4) is 0 Å². The van der Waals surface area contributed by atoms with Crippen molar-refractivity contribution in [2.45, 2.75) is 97.4 Å². The maximum Gasteiger partial charge on any atom is 0.177 e. The Bertz CT molecular complexity index is 819. The number of hydrogen-bond donors (Lipinski definition) is 0. The topological polar surface area (TPSA) is 30.7 Å². The second-order valence-corrected chi connectivity index (χ2v) is 9.49. The molecule has 0 amide bonds. The Balaban J connectivity index is 1.60. The zero-order chi connectivity index (χ0) is 20.5. The Morgan fingerprint density at radius 1 is 0.828 bits per heavy atom. The maximum atomic E-state index is 13.5. The lowest BCUT2D eigenvalue weighted by atomic mass is 9.94. The van der Waals surface area contributed by atoms with E-state index in [2.05, 4.69) is 13.8 Å². The van der Waals surface area contributed by atoms with Crippen LogP contribution >= 0.6 is 11.3 Å². The first-order valence-electron chi connectivity index (χ1n) is 11.6. The monoisotopic (exact) mass is 417 g/mol. The van der Waals surface area contributed by atoms with Gasteiger partial charge in [0.2, 0.25) is 0 Å². The van der Waals surface area contributed by atoms with Crippen LogP contribution in [-0.4, -0.2) is 15.0 Å². The molecule has 0 saturated carbocycles. The Kier molecular flexibility index (Phi) is 8.91. The van der Waals surface area contributed by atoms with E-state index in [1.807, 2.05) is 16.9 Å². The van der Waals surface area contributed by atoms with Gasteiger partial charge >= 0.3 is 0 Å². The van der Waals surface area contributed by atoms with Crippen molar-refractivity contribution in [3.63, 3.8) is 0 Å². The first kappa shape index (κ1) is 22.2. The van der Waals surface area contributed by atoms with E-state index in [1.54, 1.807) is 6.07 Å². The molecule has 1 atom stereocenters. The highest BCUT2D eigenvalue weighted by Gasteiger charge is 2.13. The SMILES string of the molecule is CCCCCCCCC(CCCCCC)Cn1nc2cc3cc(F)sc3cc2n1. The van der Waals surface area contributed by atoms with Crippen LogP contribution in [-0.2, 0) is 6.54 Å². The van der Waals surface area contributed by atoms with Crippen LogP contribution in [0.5, 0.6) is 0 Å². The Morgan fingerprint density at radius 3 is 2.10 bits per heavy atom. The fourth-order valence-electron chi connectivity index (χ4n) is 4.18. The van der Waals surface area contributed by atoms with Gasteiger partial charge in [-0.1, -0.05) is 78.1 Å². The van der Waals surface area contributed by atoms with E-state index in [0.29, 0.717) is 5.92 Å². The van der Waals surface area contributed by atoms with Crippen molar-refractivity contribution < 1.29 is 4.39 Å². The smallest absolute Gasteiger partial charge is 0.177 e. The number of rotatable bonds is 14. The standard InChI is InChI=1S/C24H36FN3S/c1-3-5-7-9-10-12-14-19(13-11-8-6-4-2)18-28-26-21-15-20-16-24(25)29-23(20)17-22(21)27-28/h15-17,19H,3-14,18H2,1-2H3. The van der Waals surface area contributed by atoms with E-state index in [-0.39, 0.29) is 5.13 Å². The summed E-state index contributed by atoms with van der Waals surface area (Å²) >= 11 is 1.18. The molecule has 2 aromatic heterocycles. The number of aromatic nitrogens is 3. The van der Waals surface area contributed by atoms with Gasteiger partial charge in [0.05, 0.1) is 6.54 Å². The van der Waals surface area contributed by atoms with Crippen molar-refractivity contribution in [2.24, 2.45) is 5.92 Å². The van der Waals surface area contributed by atoms with E-state index in [4.69, 9.17) is 10.2 Å². The van der Waals surface area contributed by atoms with Gasteiger partial charge in [0.1, 0.15) is 11.0 Å². The predicted octanol–water partition coefficient (Wildman–Crippen LogP) is 8.12. The van der Waals surface area contributed by atoms with Crippen LogP contribution in [0.4, 0.5) is 4.39 Å². The Hall–Kier alpha value is -1.49. The third-order valence-electron chi connectivity index (χ3n) is 5.88. The predicted molar refractivity (Wildman–Crippen MR) is 123 cm³/mol. The van der Waals surface area contributed by atoms with Crippen LogP contribution in [0.1, 0.15) is 90.9 Å². The van der Waals surface area contributed by atoms with Gasteiger partial charge in [0.25, 0.3) is 0 Å². The van der Waals surface area contributed by atoms with Crippen LogP contribution in [0, 0.1) is 11.0 Å². The fourth-order valence-corrected chi connectivity index (χ4v) is 4.98. The third-order valence-corrected chi connectivity index (χ3v) is 6.77. The molecule has 160 valence electrons. The lowest BCUT2D eigenvalue weighted by Crippen LogP contribution is -2.13. The number of nitrogens with zero attached hydrogens (tertiary/aromatic N) is 3. The van der Waals surface area contributed by atoms with Crippen molar-refractivity contribution in [2.75, 3.05) is 0 Å². The molecule has 3 aromatic rings. The Labute approximate surface area is 178 Å². The zero-order valence-corrected chi connectivity index (χ0v) is 18.9. The summed E-state index contributed by atoms with van der Waals surface area (Å²) in [6, 6.07) is 5.54. The first-order chi connectivity index (χ1) is 14.2. The van der Waals surface area contributed by atoms with E-state index in [1.165, 1.54) is 88.4 Å². The summed E-state index contributed by atoms with van der Waals surface area (Å²) in [4.78, 5) is 1.89. The van der Waals surface area contributed by atoms with Gasteiger partial charge in [-0.25, -0.2) is 0 Å². The average Bonchev–Trinajstić information content (AvgIpc) is 3.25. The molecule has 0 radical (unpaired) electrons. The molecule has 2 heterocycles. The number of unbranched alkanes of at least 4 members (excludes halogenated alkanes) is 8. The van der Waals surface area contributed by atoms with E-state index < -0.39 is 0 Å². The second-order valence-electron chi connectivity index (χ2n) is 8.46. The molecule has 0 saturated heterocycles. The molecule has 0 spiro atoms. The largest absolute Gasteiger partial charge is 0.195 e. The van der Waals surface area contributed by atoms with Crippen LogP contribution in [0.15, 0.2) is 18.2 Å². The summed E-state index contributed by atoms with van der Waals surface area (Å²) in [7, 11) is 0. The lowest BCUT2D eigenvalue weighted by Gasteiger charge is -2.16. The highest BCUT2D eigenvalue weighted by atomic mass is 32.1. The molecule has 0 fully saturated rings. The van der Waals surface area contributed by atoms with Gasteiger partial charge in [-0.15, -0.1) is 11.3 Å². The van der Waals surface area contributed by atoms with Gasteiger partial charge < -0.3 is 0 Å². The molecule has 0 bridgehead atoms. The number of fused-ring (bicyclic) bond motifs is 2. The van der Waals surface area contributed by atoms with Crippen LogP contribution < -0.4 is 0 Å². The third kappa shape index (κ3) is 6.77. The van der Waals surface area contributed by atoms with Crippen molar-refractivity contribution >= 4 is 32.5 Å². The normalized spacial score (nSPS) is 12.9. The van der Waals surface area contributed by atoms with E-state index >= 15 is 0 Å². The molecule has 1 unspecified atom stereocenters. The summed E-state index contributed by atoms with van der Waals surface area (Å²) in [5, 5.41) is 10.2. The molecule has 0 N–H and O–H groups in total. The quantitative estimate of drug-likeness (QED) is 0.248. The van der Waals surface area contributed by atoms with Crippen LogP contribution in [0.25, 0.3) is 21.1 Å². The summed E-state index contributed by atoms with van der Waals surface area (Å²) in [5.41, 5.74) is 1.75. The highest BCUT2D eigenvalue weighted by molar-refractivity contribution is 7.17. The Morgan fingerprint density at radius 2 is 1.41 bits per heavy atom. The number of halogens is 1. The minimum absolute atomic E-state index is 0.147. The zero-order valence-electron chi connectivity index (χ0n) is 18.1. The molecule has 0 aliphatic heterocycles. The van der Waals surface area contributed by atoms with Crippen molar-refractivity contribution in [1.29, 1.82) is 0 Å². The molecule has 29 heavy (non-hydrogen) atoms. The summed E-state index contributed by atoms with van der Waals surface area (Å²) in [6.07, 6.45) is 15.9. The van der Waals surface area contributed by atoms with Gasteiger partial charge in [-0.05, 0) is 42.3 Å². The van der Waals surface area contributed by atoms with Gasteiger partial charge in [0, 0.05) is 4.70 Å². The van der Waals surface area contributed by atoms with E-state index in [0.717, 1.165) is 27.7 Å². The van der Waals surface area contributed by atoms with Gasteiger partial charge in [0.15, 0.2) is 5.13 Å². The molecular weight excluding hydrogens is 381 g/mol. The number of benzene rings is 1. The molecule has 5 heteroatoms. The van der Waals surface area contributed by atoms with Crippen molar-refractivity contribution in [1.82, 2.24) is 15.0 Å². The molecule has 0 aliphatic rings. The van der Waals surface area contributed by atoms with Gasteiger partial charge in [-0.2, -0.15) is 19.4 Å². The molecule has 3 rings (SSSR count).